The molecule has 2 aromatic carbocycles. The van der Waals surface area contributed by atoms with Crippen LogP contribution in [-0.4, -0.2) is 41.0 Å². The standard InChI is InChI=1S/C23H25F3N2O5/c1-22(2,3)21(31)33-28-19(30)17(23(4,32)20(25)26)27-18(29)14-11-9-13(10-12-14)15-7-5-6-8-16(15)24/h5-12,17,20,32H,1-4H3,(H,27,29)(H,28,30)/t17-,23+/m1/s1. The molecule has 2 amide bonds. The number of halogens is 3. The van der Waals surface area contributed by atoms with E-state index in [2.05, 4.69) is 4.84 Å². The molecule has 0 aliphatic carbocycles. The van der Waals surface area contributed by atoms with Crippen molar-refractivity contribution in [3.8, 4) is 11.1 Å². The van der Waals surface area contributed by atoms with Crippen molar-refractivity contribution < 1.29 is 37.5 Å². The maximum Gasteiger partial charge on any atom is 0.337 e. The highest BCUT2D eigenvalue weighted by atomic mass is 19.3. The van der Waals surface area contributed by atoms with Crippen molar-refractivity contribution >= 4 is 17.8 Å². The molecule has 0 radical (unpaired) electrons. The molecule has 0 saturated carbocycles. The molecule has 0 spiro atoms. The molecule has 178 valence electrons. The minimum atomic E-state index is -3.42. The second-order valence-corrected chi connectivity index (χ2v) is 8.60. The van der Waals surface area contributed by atoms with E-state index in [0.717, 1.165) is 0 Å². The number of alkyl halides is 2. The summed E-state index contributed by atoms with van der Waals surface area (Å²) in [5.41, 5.74) is -1.56. The Morgan fingerprint density at radius 3 is 2.06 bits per heavy atom. The van der Waals surface area contributed by atoms with Gasteiger partial charge >= 0.3 is 5.97 Å². The number of aliphatic hydroxyl groups is 1. The normalized spacial score (nSPS) is 14.2. The molecule has 10 heteroatoms. The van der Waals surface area contributed by atoms with Crippen molar-refractivity contribution in [2.24, 2.45) is 5.41 Å². The molecule has 33 heavy (non-hydrogen) atoms. The summed E-state index contributed by atoms with van der Waals surface area (Å²) in [5, 5.41) is 12.2. The van der Waals surface area contributed by atoms with Crippen LogP contribution in [0.3, 0.4) is 0 Å². The fourth-order valence-corrected chi connectivity index (χ4v) is 2.62. The number of rotatable bonds is 6. The van der Waals surface area contributed by atoms with Gasteiger partial charge in [-0.1, -0.05) is 30.3 Å². The van der Waals surface area contributed by atoms with Crippen LogP contribution in [0.2, 0.25) is 0 Å². The molecule has 0 aliphatic rings. The SMILES string of the molecule is CC(C)(C)C(=O)ONC(=O)[C@@H](NC(=O)c1ccc(-c2ccccc2F)cc1)[C@](C)(O)C(F)F. The van der Waals surface area contributed by atoms with E-state index in [-0.39, 0.29) is 5.56 Å². The van der Waals surface area contributed by atoms with Gasteiger partial charge in [-0.25, -0.2) is 18.0 Å². The molecule has 0 aromatic heterocycles. The molecule has 2 aromatic rings. The molecule has 2 rings (SSSR count). The van der Waals surface area contributed by atoms with Crippen LogP contribution in [0.1, 0.15) is 38.1 Å². The molecular weight excluding hydrogens is 441 g/mol. The van der Waals surface area contributed by atoms with E-state index in [1.54, 1.807) is 17.6 Å². The first-order chi connectivity index (χ1) is 15.2. The Morgan fingerprint density at radius 2 is 1.55 bits per heavy atom. The summed E-state index contributed by atoms with van der Waals surface area (Å²) < 4.78 is 40.8. The van der Waals surface area contributed by atoms with Gasteiger partial charge in [-0.2, -0.15) is 5.48 Å². The largest absolute Gasteiger partial charge is 0.381 e. The quantitative estimate of drug-likeness (QED) is 0.567. The Kier molecular flexibility index (Phi) is 7.86. The number of hydroxylamine groups is 1. The van der Waals surface area contributed by atoms with Gasteiger partial charge in [0.05, 0.1) is 5.41 Å². The second-order valence-electron chi connectivity index (χ2n) is 8.60. The number of nitrogens with one attached hydrogen (secondary N) is 2. The van der Waals surface area contributed by atoms with Gasteiger partial charge in [0.1, 0.15) is 11.9 Å². The van der Waals surface area contributed by atoms with E-state index in [9.17, 15) is 32.7 Å². The maximum absolute atomic E-state index is 13.9. The third kappa shape index (κ3) is 6.32. The van der Waals surface area contributed by atoms with Crippen molar-refractivity contribution in [2.45, 2.75) is 45.8 Å². The van der Waals surface area contributed by atoms with Crippen molar-refractivity contribution in [1.29, 1.82) is 0 Å². The predicted octanol–water partition coefficient (Wildman–Crippen LogP) is 3.23. The number of carbonyl (C=O) groups excluding carboxylic acids is 3. The van der Waals surface area contributed by atoms with E-state index < -0.39 is 47.1 Å². The second kappa shape index (κ2) is 10.0. The summed E-state index contributed by atoms with van der Waals surface area (Å²) in [6, 6.07) is 9.33. The highest BCUT2D eigenvalue weighted by Gasteiger charge is 2.46. The lowest BCUT2D eigenvalue weighted by molar-refractivity contribution is -0.171. The Morgan fingerprint density at radius 1 is 0.970 bits per heavy atom. The van der Waals surface area contributed by atoms with Crippen LogP contribution in [0.4, 0.5) is 13.2 Å². The Labute approximate surface area is 188 Å². The van der Waals surface area contributed by atoms with E-state index in [4.69, 9.17) is 0 Å². The summed E-state index contributed by atoms with van der Waals surface area (Å²) in [7, 11) is 0. The van der Waals surface area contributed by atoms with Gasteiger partial charge in [0.15, 0.2) is 5.60 Å². The zero-order valence-corrected chi connectivity index (χ0v) is 18.5. The molecule has 0 heterocycles. The Bertz CT molecular complexity index is 1020. The summed E-state index contributed by atoms with van der Waals surface area (Å²) >= 11 is 0. The monoisotopic (exact) mass is 466 g/mol. The van der Waals surface area contributed by atoms with Crippen LogP contribution in [0.15, 0.2) is 48.5 Å². The van der Waals surface area contributed by atoms with Gasteiger partial charge in [0, 0.05) is 11.1 Å². The van der Waals surface area contributed by atoms with E-state index >= 15 is 0 Å². The minimum Gasteiger partial charge on any atom is -0.381 e. The lowest BCUT2D eigenvalue weighted by Gasteiger charge is -2.31. The topological polar surface area (TPSA) is 105 Å². The lowest BCUT2D eigenvalue weighted by atomic mass is 9.95. The van der Waals surface area contributed by atoms with Crippen molar-refractivity contribution in [3.05, 3.63) is 59.9 Å². The summed E-state index contributed by atoms with van der Waals surface area (Å²) in [5.74, 6) is -3.64. The van der Waals surface area contributed by atoms with Crippen LogP contribution < -0.4 is 10.8 Å². The van der Waals surface area contributed by atoms with Gasteiger partial charge in [0.25, 0.3) is 18.2 Å². The van der Waals surface area contributed by atoms with Crippen LogP contribution in [0.5, 0.6) is 0 Å². The molecule has 3 N–H and O–H groups in total. The lowest BCUT2D eigenvalue weighted by Crippen LogP contribution is -2.62. The number of carbonyl (C=O) groups is 3. The van der Waals surface area contributed by atoms with Gasteiger partial charge in [-0.15, -0.1) is 0 Å². The van der Waals surface area contributed by atoms with Gasteiger partial charge in [0.2, 0.25) is 0 Å². The van der Waals surface area contributed by atoms with Crippen molar-refractivity contribution in [1.82, 2.24) is 10.8 Å². The zero-order valence-electron chi connectivity index (χ0n) is 18.5. The first-order valence-electron chi connectivity index (χ1n) is 9.92. The molecule has 0 bridgehead atoms. The average molecular weight is 466 g/mol. The van der Waals surface area contributed by atoms with Crippen LogP contribution >= 0.6 is 0 Å². The molecular formula is C23H25F3N2O5. The third-order valence-electron chi connectivity index (χ3n) is 4.75. The van der Waals surface area contributed by atoms with Crippen LogP contribution in [-0.2, 0) is 14.4 Å². The Balaban J connectivity index is 2.21. The van der Waals surface area contributed by atoms with Crippen LogP contribution in [0, 0.1) is 11.2 Å². The van der Waals surface area contributed by atoms with Gasteiger partial charge in [-0.05, 0) is 51.5 Å². The van der Waals surface area contributed by atoms with E-state index in [0.29, 0.717) is 18.1 Å². The zero-order chi connectivity index (χ0) is 25.0. The molecule has 0 fully saturated rings. The molecule has 2 atom stereocenters. The summed E-state index contributed by atoms with van der Waals surface area (Å²) in [4.78, 5) is 41.5. The fourth-order valence-electron chi connectivity index (χ4n) is 2.62. The van der Waals surface area contributed by atoms with Gasteiger partial charge < -0.3 is 15.3 Å². The first-order valence-corrected chi connectivity index (χ1v) is 9.92. The Hall–Kier alpha value is -3.40. The third-order valence-corrected chi connectivity index (χ3v) is 4.75. The number of hydrogen-bond donors (Lipinski definition) is 3. The molecule has 0 saturated heterocycles. The van der Waals surface area contributed by atoms with Crippen molar-refractivity contribution in [2.75, 3.05) is 0 Å². The molecule has 7 nitrogen and oxygen atoms in total. The van der Waals surface area contributed by atoms with Gasteiger partial charge in [-0.3, -0.25) is 9.59 Å². The highest BCUT2D eigenvalue weighted by Crippen LogP contribution is 2.24. The van der Waals surface area contributed by atoms with Crippen molar-refractivity contribution in [3.63, 3.8) is 0 Å². The molecule has 0 aliphatic heterocycles. The molecule has 0 unspecified atom stereocenters. The summed E-state index contributed by atoms with van der Waals surface area (Å²) in [6.07, 6.45) is -3.42. The number of benzene rings is 2. The van der Waals surface area contributed by atoms with Crippen LogP contribution in [0.25, 0.3) is 11.1 Å². The van der Waals surface area contributed by atoms with E-state index in [1.165, 1.54) is 57.2 Å². The smallest absolute Gasteiger partial charge is 0.337 e. The average Bonchev–Trinajstić information content (AvgIpc) is 2.75. The highest BCUT2D eigenvalue weighted by molar-refractivity contribution is 5.98. The minimum absolute atomic E-state index is 0.0374. The first kappa shape index (κ1) is 25.9. The maximum atomic E-state index is 13.9. The van der Waals surface area contributed by atoms with E-state index in [1.807, 2.05) is 5.32 Å². The predicted molar refractivity (Wildman–Crippen MR) is 113 cm³/mol. The number of hydrogen-bond acceptors (Lipinski definition) is 5. The summed E-state index contributed by atoms with van der Waals surface area (Å²) in [6.45, 7) is 5.16. The fraction of sp³-hybridized carbons (Fsp3) is 0.348. The number of amides is 2.